The van der Waals surface area contributed by atoms with Crippen LogP contribution in [0.3, 0.4) is 0 Å². The van der Waals surface area contributed by atoms with Gasteiger partial charge in [0.2, 0.25) is 0 Å². The minimum Gasteiger partial charge on any atom is -0.439 e. The summed E-state index contributed by atoms with van der Waals surface area (Å²) in [7, 11) is 0. The van der Waals surface area contributed by atoms with Crippen LogP contribution in [0.25, 0.3) is 10.9 Å². The van der Waals surface area contributed by atoms with E-state index in [-0.39, 0.29) is 12.5 Å². The SMILES string of the molecule is CCCCN(CCO)c1ccc2c(N3CCCC(C(OC(N)=O)c4nccs4)C3)ncnc2c1. The van der Waals surface area contributed by atoms with E-state index in [1.165, 1.54) is 11.3 Å². The molecule has 10 heteroatoms. The number of carbonyl (C=O) groups is 1. The Labute approximate surface area is 203 Å². The van der Waals surface area contributed by atoms with Crippen molar-refractivity contribution in [1.29, 1.82) is 0 Å². The number of nitrogens with zero attached hydrogens (tertiary/aromatic N) is 5. The van der Waals surface area contributed by atoms with E-state index in [2.05, 4.69) is 49.9 Å². The molecule has 3 N–H and O–H groups in total. The predicted octanol–water partition coefficient (Wildman–Crippen LogP) is 3.74. The summed E-state index contributed by atoms with van der Waals surface area (Å²) in [6.07, 6.45) is 6.09. The van der Waals surface area contributed by atoms with Crippen LogP contribution in [-0.2, 0) is 4.74 Å². The maximum absolute atomic E-state index is 11.6. The first-order valence-electron chi connectivity index (χ1n) is 11.8. The van der Waals surface area contributed by atoms with Crippen LogP contribution in [0.5, 0.6) is 0 Å². The van der Waals surface area contributed by atoms with Crippen molar-refractivity contribution in [2.45, 2.75) is 38.7 Å². The van der Waals surface area contributed by atoms with E-state index in [9.17, 15) is 9.90 Å². The molecule has 1 saturated heterocycles. The van der Waals surface area contributed by atoms with Crippen LogP contribution in [0.2, 0.25) is 0 Å². The second-order valence-electron chi connectivity index (χ2n) is 8.54. The lowest BCUT2D eigenvalue weighted by Crippen LogP contribution is -2.40. The third kappa shape index (κ3) is 5.56. The summed E-state index contributed by atoms with van der Waals surface area (Å²) in [6.45, 7) is 5.30. The first-order chi connectivity index (χ1) is 16.6. The van der Waals surface area contributed by atoms with Gasteiger partial charge in [-0.15, -0.1) is 11.3 Å². The van der Waals surface area contributed by atoms with E-state index >= 15 is 0 Å². The van der Waals surface area contributed by atoms with E-state index in [1.807, 2.05) is 5.38 Å². The molecule has 0 bridgehead atoms. The Kier molecular flexibility index (Phi) is 8.12. The van der Waals surface area contributed by atoms with E-state index < -0.39 is 12.2 Å². The number of anilines is 2. The Morgan fingerprint density at radius 1 is 1.35 bits per heavy atom. The lowest BCUT2D eigenvalue weighted by Gasteiger charge is -2.36. The number of nitrogens with two attached hydrogens (primary N) is 1. The summed E-state index contributed by atoms with van der Waals surface area (Å²) in [5.74, 6) is 0.936. The number of amides is 1. The van der Waals surface area contributed by atoms with E-state index in [0.29, 0.717) is 13.1 Å². The fourth-order valence-electron chi connectivity index (χ4n) is 4.62. The molecule has 2 atom stereocenters. The molecule has 2 aromatic heterocycles. The van der Waals surface area contributed by atoms with E-state index in [1.54, 1.807) is 12.5 Å². The molecule has 1 amide bonds. The molecule has 3 heterocycles. The highest BCUT2D eigenvalue weighted by molar-refractivity contribution is 7.09. The van der Waals surface area contributed by atoms with Gasteiger partial charge in [0.15, 0.2) is 6.10 Å². The van der Waals surface area contributed by atoms with Crippen molar-refractivity contribution in [3.8, 4) is 0 Å². The molecule has 3 aromatic rings. The van der Waals surface area contributed by atoms with Crippen LogP contribution < -0.4 is 15.5 Å². The number of piperidine rings is 1. The molecule has 2 unspecified atom stereocenters. The zero-order valence-electron chi connectivity index (χ0n) is 19.5. The van der Waals surface area contributed by atoms with Crippen LogP contribution in [0, 0.1) is 5.92 Å². The molecular weight excluding hydrogens is 452 g/mol. The lowest BCUT2D eigenvalue weighted by molar-refractivity contribution is 0.0616. The van der Waals surface area contributed by atoms with Gasteiger partial charge in [0.25, 0.3) is 0 Å². The largest absolute Gasteiger partial charge is 0.439 e. The van der Waals surface area contributed by atoms with Gasteiger partial charge in [0, 0.05) is 54.7 Å². The van der Waals surface area contributed by atoms with Gasteiger partial charge < -0.3 is 25.4 Å². The van der Waals surface area contributed by atoms with Gasteiger partial charge in [-0.25, -0.2) is 19.7 Å². The average Bonchev–Trinajstić information content (AvgIpc) is 3.39. The number of aliphatic hydroxyl groups is 1. The van der Waals surface area contributed by atoms with Crippen LogP contribution in [-0.4, -0.2) is 58.9 Å². The number of hydrogen-bond donors (Lipinski definition) is 2. The van der Waals surface area contributed by atoms with Crippen LogP contribution in [0.15, 0.2) is 36.1 Å². The zero-order valence-corrected chi connectivity index (χ0v) is 20.3. The second-order valence-corrected chi connectivity index (χ2v) is 9.47. The average molecular weight is 485 g/mol. The van der Waals surface area contributed by atoms with Gasteiger partial charge in [0.1, 0.15) is 17.2 Å². The Morgan fingerprint density at radius 2 is 2.24 bits per heavy atom. The van der Waals surface area contributed by atoms with Crippen molar-refractivity contribution in [2.24, 2.45) is 11.7 Å². The van der Waals surface area contributed by atoms with Gasteiger partial charge in [0.05, 0.1) is 12.1 Å². The second kappa shape index (κ2) is 11.4. The number of rotatable bonds is 10. The lowest BCUT2D eigenvalue weighted by atomic mass is 9.92. The number of aliphatic hydroxyl groups excluding tert-OH is 1. The summed E-state index contributed by atoms with van der Waals surface area (Å²) >= 11 is 1.47. The number of carbonyl (C=O) groups excluding carboxylic acids is 1. The summed E-state index contributed by atoms with van der Waals surface area (Å²) in [6, 6.07) is 6.22. The molecule has 0 saturated carbocycles. The van der Waals surface area contributed by atoms with Crippen LogP contribution >= 0.6 is 11.3 Å². The number of aromatic nitrogens is 3. The highest BCUT2D eigenvalue weighted by Gasteiger charge is 2.33. The van der Waals surface area contributed by atoms with Gasteiger partial charge in [-0.2, -0.15) is 0 Å². The van der Waals surface area contributed by atoms with Crippen molar-refractivity contribution in [3.05, 3.63) is 41.1 Å². The van der Waals surface area contributed by atoms with Gasteiger partial charge >= 0.3 is 6.09 Å². The molecule has 9 nitrogen and oxygen atoms in total. The first-order valence-corrected chi connectivity index (χ1v) is 12.7. The molecule has 1 aromatic carbocycles. The third-order valence-electron chi connectivity index (χ3n) is 6.24. The molecule has 0 radical (unpaired) electrons. The molecule has 34 heavy (non-hydrogen) atoms. The van der Waals surface area contributed by atoms with Crippen molar-refractivity contribution in [3.63, 3.8) is 0 Å². The number of fused-ring (bicyclic) bond motifs is 1. The smallest absolute Gasteiger partial charge is 0.405 e. The van der Waals surface area contributed by atoms with E-state index in [4.69, 9.17) is 10.5 Å². The molecule has 0 spiro atoms. The monoisotopic (exact) mass is 484 g/mol. The molecule has 1 aliphatic rings. The first kappa shape index (κ1) is 24.2. The minimum absolute atomic E-state index is 0.0609. The van der Waals surface area contributed by atoms with Gasteiger partial charge in [-0.1, -0.05) is 13.3 Å². The topological polar surface area (TPSA) is 118 Å². The Morgan fingerprint density at radius 3 is 2.97 bits per heavy atom. The third-order valence-corrected chi connectivity index (χ3v) is 7.08. The van der Waals surface area contributed by atoms with Crippen molar-refractivity contribution in [2.75, 3.05) is 42.6 Å². The Balaban J connectivity index is 1.59. The number of primary amides is 1. The van der Waals surface area contributed by atoms with Crippen molar-refractivity contribution >= 4 is 39.8 Å². The molecule has 182 valence electrons. The van der Waals surface area contributed by atoms with E-state index in [0.717, 1.165) is 66.2 Å². The maximum atomic E-state index is 11.6. The maximum Gasteiger partial charge on any atom is 0.405 e. The van der Waals surface area contributed by atoms with Crippen LogP contribution in [0.4, 0.5) is 16.3 Å². The summed E-state index contributed by atoms with van der Waals surface area (Å²) in [5, 5.41) is 13.1. The Hall–Kier alpha value is -2.98. The van der Waals surface area contributed by atoms with Gasteiger partial charge in [-0.05, 0) is 37.5 Å². The number of hydrogen-bond acceptors (Lipinski definition) is 9. The predicted molar refractivity (Wildman–Crippen MR) is 134 cm³/mol. The highest BCUT2D eigenvalue weighted by Crippen LogP contribution is 2.36. The molecule has 0 aliphatic carbocycles. The van der Waals surface area contributed by atoms with Crippen LogP contribution in [0.1, 0.15) is 43.7 Å². The number of thiazole rings is 1. The molecular formula is C24H32N6O3S. The summed E-state index contributed by atoms with van der Waals surface area (Å²) in [5.41, 5.74) is 7.30. The fraction of sp³-hybridized carbons (Fsp3) is 0.500. The molecule has 4 rings (SSSR count). The zero-order chi connectivity index (χ0) is 23.9. The van der Waals surface area contributed by atoms with Gasteiger partial charge in [-0.3, -0.25) is 0 Å². The number of unbranched alkanes of at least 4 members (excludes halogenated alkanes) is 1. The normalized spacial score (nSPS) is 17.0. The fourth-order valence-corrected chi connectivity index (χ4v) is 5.38. The van der Waals surface area contributed by atoms with Crippen molar-refractivity contribution in [1.82, 2.24) is 15.0 Å². The summed E-state index contributed by atoms with van der Waals surface area (Å²) < 4.78 is 5.50. The molecule has 1 fully saturated rings. The molecule has 1 aliphatic heterocycles. The minimum atomic E-state index is -0.784. The quantitative estimate of drug-likeness (QED) is 0.447. The highest BCUT2D eigenvalue weighted by atomic mass is 32.1. The summed E-state index contributed by atoms with van der Waals surface area (Å²) in [4.78, 5) is 29.6. The Bertz CT molecular complexity index is 1080. The standard InChI is InChI=1S/C24H32N6O3S/c1-2-3-9-29(11-12-31)18-6-7-19-20(14-18)27-16-28-22(19)30-10-4-5-17(15-30)21(33-24(25)32)23-26-8-13-34-23/h6-8,13-14,16-17,21,31H,2-5,9-12,15H2,1H3,(H2,25,32). The number of ether oxygens (including phenoxy) is 1. The van der Waals surface area contributed by atoms with Crippen molar-refractivity contribution < 1.29 is 14.6 Å². The number of benzene rings is 1.